The van der Waals surface area contributed by atoms with Gasteiger partial charge in [-0.15, -0.1) is 0 Å². The quantitative estimate of drug-likeness (QED) is 0.814. The maximum atomic E-state index is 5.26. The first-order valence-corrected chi connectivity index (χ1v) is 5.98. The van der Waals surface area contributed by atoms with Crippen LogP contribution in [0.25, 0.3) is 11.6 Å². The van der Waals surface area contributed by atoms with Gasteiger partial charge in [-0.2, -0.15) is 0 Å². The number of hydroxylamine groups is 2. The summed E-state index contributed by atoms with van der Waals surface area (Å²) in [6.45, 7) is 2.85. The summed E-state index contributed by atoms with van der Waals surface area (Å²) in [7, 11) is 1.70. The van der Waals surface area contributed by atoms with E-state index >= 15 is 0 Å². The molecule has 17 heavy (non-hydrogen) atoms. The van der Waals surface area contributed by atoms with Crippen molar-refractivity contribution >= 4 is 11.6 Å². The van der Waals surface area contributed by atoms with Gasteiger partial charge in [-0.1, -0.05) is 6.08 Å². The van der Waals surface area contributed by atoms with E-state index in [0.29, 0.717) is 0 Å². The van der Waals surface area contributed by atoms with Crippen LogP contribution in [0.15, 0.2) is 18.5 Å². The molecule has 0 bridgehead atoms. The molecular weight excluding hydrogens is 214 g/mol. The fraction of sp³-hybridized carbons (Fsp3) is 0.385. The zero-order valence-electron chi connectivity index (χ0n) is 9.99. The van der Waals surface area contributed by atoms with Crippen LogP contribution in [-0.4, -0.2) is 30.2 Å². The second-order valence-corrected chi connectivity index (χ2v) is 4.35. The van der Waals surface area contributed by atoms with Gasteiger partial charge in [0.25, 0.3) is 0 Å². The van der Waals surface area contributed by atoms with Crippen molar-refractivity contribution in [3.8, 4) is 0 Å². The third kappa shape index (κ3) is 1.90. The van der Waals surface area contributed by atoms with E-state index in [4.69, 9.17) is 4.84 Å². The minimum Gasteiger partial charge on any atom is -0.361 e. The number of nitrogens with zero attached hydrogens (tertiary/aromatic N) is 1. The predicted molar refractivity (Wildman–Crippen MR) is 67.8 cm³/mol. The maximum Gasteiger partial charge on any atom is 0.0726 e. The van der Waals surface area contributed by atoms with Crippen molar-refractivity contribution in [2.45, 2.75) is 13.0 Å². The van der Waals surface area contributed by atoms with Gasteiger partial charge in [0.15, 0.2) is 0 Å². The maximum absolute atomic E-state index is 5.26. The van der Waals surface area contributed by atoms with E-state index in [1.165, 1.54) is 22.4 Å². The molecule has 0 saturated carbocycles. The molecule has 0 atom stereocenters. The first-order valence-electron chi connectivity index (χ1n) is 5.98. The highest BCUT2D eigenvalue weighted by Crippen LogP contribution is 2.29. The molecule has 0 saturated heterocycles. The van der Waals surface area contributed by atoms with E-state index in [-0.39, 0.29) is 0 Å². The molecule has 3 rings (SSSR count). The molecule has 2 N–H and O–H groups in total. The number of H-pyrrole nitrogens is 1. The Labute approximate surface area is 101 Å². The summed E-state index contributed by atoms with van der Waals surface area (Å²) in [4.78, 5) is 8.60. The predicted octanol–water partition coefficient (Wildman–Crippen LogP) is 1.74. The highest BCUT2D eigenvalue weighted by Gasteiger charge is 2.19. The number of hydrogen-bond acceptors (Lipinski definition) is 3. The molecule has 1 aromatic rings. The van der Waals surface area contributed by atoms with Gasteiger partial charge in [0, 0.05) is 35.8 Å². The van der Waals surface area contributed by atoms with Gasteiger partial charge in [-0.05, 0) is 24.6 Å². The lowest BCUT2D eigenvalue weighted by Gasteiger charge is -2.22. The topological polar surface area (TPSA) is 40.3 Å². The first-order chi connectivity index (χ1) is 8.38. The molecule has 0 radical (unpaired) electrons. The lowest BCUT2D eigenvalue weighted by atomic mass is 9.97. The Bertz CT molecular complexity index is 473. The SMILES string of the molecule is CON1C=Cc2[nH]cc(C3=CCNCC3)c2C1. The molecule has 4 heteroatoms. The van der Waals surface area contributed by atoms with Crippen molar-refractivity contribution in [1.29, 1.82) is 0 Å². The van der Waals surface area contributed by atoms with Crippen molar-refractivity contribution in [1.82, 2.24) is 15.4 Å². The van der Waals surface area contributed by atoms with Gasteiger partial charge in [0.1, 0.15) is 0 Å². The van der Waals surface area contributed by atoms with Crippen LogP contribution in [0.3, 0.4) is 0 Å². The largest absolute Gasteiger partial charge is 0.361 e. The smallest absolute Gasteiger partial charge is 0.0726 e. The molecule has 0 aliphatic carbocycles. The summed E-state index contributed by atoms with van der Waals surface area (Å²) in [5.41, 5.74) is 5.32. The van der Waals surface area contributed by atoms with Gasteiger partial charge in [0.2, 0.25) is 0 Å². The average molecular weight is 231 g/mol. The number of aromatic amines is 1. The van der Waals surface area contributed by atoms with Crippen LogP contribution in [0.1, 0.15) is 23.2 Å². The fourth-order valence-electron chi connectivity index (χ4n) is 2.43. The Hall–Kier alpha value is -1.52. The monoisotopic (exact) mass is 231 g/mol. The van der Waals surface area contributed by atoms with Crippen molar-refractivity contribution in [2.24, 2.45) is 0 Å². The Kier molecular flexibility index (Phi) is 2.74. The number of rotatable bonds is 2. The lowest BCUT2D eigenvalue weighted by molar-refractivity contribution is -0.0954. The highest BCUT2D eigenvalue weighted by atomic mass is 16.7. The molecule has 90 valence electrons. The molecule has 0 spiro atoms. The minimum absolute atomic E-state index is 0.811. The molecule has 2 aliphatic rings. The van der Waals surface area contributed by atoms with E-state index in [1.807, 2.05) is 11.3 Å². The first kappa shape index (κ1) is 10.6. The molecular formula is C13H17N3O. The molecule has 0 unspecified atom stereocenters. The van der Waals surface area contributed by atoms with Crippen molar-refractivity contribution in [3.63, 3.8) is 0 Å². The van der Waals surface area contributed by atoms with Crippen LogP contribution in [0.5, 0.6) is 0 Å². The normalized spacial score (nSPS) is 19.1. The van der Waals surface area contributed by atoms with Gasteiger partial charge in [0.05, 0.1) is 13.7 Å². The summed E-state index contributed by atoms with van der Waals surface area (Å²) in [5, 5.41) is 5.19. The van der Waals surface area contributed by atoms with Crippen LogP contribution in [-0.2, 0) is 11.4 Å². The second kappa shape index (κ2) is 4.39. The Balaban J connectivity index is 1.95. The second-order valence-electron chi connectivity index (χ2n) is 4.35. The molecule has 2 aliphatic heterocycles. The Morgan fingerprint density at radius 2 is 2.35 bits per heavy atom. The summed E-state index contributed by atoms with van der Waals surface area (Å²) >= 11 is 0. The van der Waals surface area contributed by atoms with E-state index < -0.39 is 0 Å². The van der Waals surface area contributed by atoms with Crippen LogP contribution in [0, 0.1) is 0 Å². The summed E-state index contributed by atoms with van der Waals surface area (Å²) in [6, 6.07) is 0. The molecule has 0 fully saturated rings. The highest BCUT2D eigenvalue weighted by molar-refractivity contribution is 5.73. The van der Waals surface area contributed by atoms with Crippen molar-refractivity contribution < 1.29 is 4.84 Å². The van der Waals surface area contributed by atoms with E-state index in [0.717, 1.165) is 26.1 Å². The van der Waals surface area contributed by atoms with Gasteiger partial charge in [-0.25, -0.2) is 0 Å². The lowest BCUT2D eigenvalue weighted by Crippen LogP contribution is -2.21. The standard InChI is InChI=1S/C13H17N3O/c1-17-16-7-4-13-12(9-16)11(8-15-13)10-2-5-14-6-3-10/h2,4,7-8,14-15H,3,5-6,9H2,1H3. The molecule has 4 nitrogen and oxygen atoms in total. The summed E-state index contributed by atoms with van der Waals surface area (Å²) in [6.07, 6.45) is 9.52. The minimum atomic E-state index is 0.811. The van der Waals surface area contributed by atoms with Gasteiger partial charge in [-0.3, -0.25) is 9.90 Å². The Morgan fingerprint density at radius 3 is 3.12 bits per heavy atom. The Morgan fingerprint density at radius 1 is 1.41 bits per heavy atom. The van der Waals surface area contributed by atoms with Crippen molar-refractivity contribution in [3.05, 3.63) is 35.3 Å². The number of fused-ring (bicyclic) bond motifs is 1. The zero-order chi connectivity index (χ0) is 11.7. The molecule has 1 aromatic heterocycles. The van der Waals surface area contributed by atoms with Crippen LogP contribution in [0.2, 0.25) is 0 Å². The zero-order valence-corrected chi connectivity index (χ0v) is 9.99. The third-order valence-electron chi connectivity index (χ3n) is 3.39. The van der Waals surface area contributed by atoms with Gasteiger partial charge < -0.3 is 10.3 Å². The van der Waals surface area contributed by atoms with Crippen LogP contribution < -0.4 is 5.32 Å². The van der Waals surface area contributed by atoms with Gasteiger partial charge >= 0.3 is 0 Å². The molecule has 0 aromatic carbocycles. The van der Waals surface area contributed by atoms with Crippen molar-refractivity contribution in [2.75, 3.05) is 20.2 Å². The van der Waals surface area contributed by atoms with E-state index in [2.05, 4.69) is 28.6 Å². The molecule has 0 amide bonds. The summed E-state index contributed by atoms with van der Waals surface area (Å²) < 4.78 is 0. The molecule has 3 heterocycles. The number of hydrogen-bond donors (Lipinski definition) is 2. The van der Waals surface area contributed by atoms with E-state index in [9.17, 15) is 0 Å². The fourth-order valence-corrected chi connectivity index (χ4v) is 2.43. The third-order valence-corrected chi connectivity index (χ3v) is 3.39. The van der Waals surface area contributed by atoms with Crippen LogP contribution in [0.4, 0.5) is 0 Å². The number of nitrogens with one attached hydrogen (secondary N) is 2. The summed E-state index contributed by atoms with van der Waals surface area (Å²) in [5.74, 6) is 0. The average Bonchev–Trinajstić information content (AvgIpc) is 2.82. The van der Waals surface area contributed by atoms with Crippen LogP contribution >= 0.6 is 0 Å². The number of aromatic nitrogens is 1. The van der Waals surface area contributed by atoms with E-state index in [1.54, 1.807) is 7.11 Å².